The summed E-state index contributed by atoms with van der Waals surface area (Å²) in [7, 11) is -10.2. The Bertz CT molecular complexity index is 70.8. The van der Waals surface area contributed by atoms with E-state index in [0.717, 1.165) is 0 Å². The van der Waals surface area contributed by atoms with Gasteiger partial charge in [0.1, 0.15) is 0 Å². The van der Waals surface area contributed by atoms with Crippen molar-refractivity contribution in [3.63, 3.8) is 0 Å². The van der Waals surface area contributed by atoms with Gasteiger partial charge in [-0.2, -0.15) is 0 Å². The minimum atomic E-state index is -2.92. The largest absolute Gasteiger partial charge is 2.00 e. The Morgan fingerprint density at radius 2 is 0.375 bits per heavy atom. The summed E-state index contributed by atoms with van der Waals surface area (Å²) < 4.78 is 0. The van der Waals surface area contributed by atoms with E-state index in [4.69, 9.17) is 60.3 Å². The van der Waals surface area contributed by atoms with Gasteiger partial charge in [0.15, 0.2) is 0 Å². The molecule has 0 rings (SSSR count). The van der Waals surface area contributed by atoms with Crippen molar-refractivity contribution in [2.75, 3.05) is 0 Å². The standard InChI is InChI=1S/2BH3O3.2BO3.5H2O.3Zn/c4*2-1(3)4;;;;;;;;/h2*2-4H;;;5*1H2;;;/q;;2*-3;;;;;;3*+2. The molecular weight excluding hydrogens is 511 g/mol. The van der Waals surface area contributed by atoms with Gasteiger partial charge in [-0.15, -0.1) is 0 Å². The fraction of sp³-hybridized carbons (Fsp3) is 0. The van der Waals surface area contributed by atoms with Crippen LogP contribution in [0, 0.1) is 0 Å². The van der Waals surface area contributed by atoms with Gasteiger partial charge in [-0.25, -0.2) is 0 Å². The van der Waals surface area contributed by atoms with E-state index in [1.54, 1.807) is 0 Å². The van der Waals surface area contributed by atoms with Crippen LogP contribution in [0.3, 0.4) is 0 Å². The van der Waals surface area contributed by atoms with Crippen LogP contribution in [0.25, 0.3) is 0 Å². The smallest absolute Gasteiger partial charge is 0.907 e. The Balaban J connectivity index is -0.00000000720. The molecular formula is H16B4O17Zn3. The summed E-state index contributed by atoms with van der Waals surface area (Å²) >= 11 is 0. The van der Waals surface area contributed by atoms with Gasteiger partial charge in [-0.05, 0) is 0 Å². The Morgan fingerprint density at radius 1 is 0.375 bits per heavy atom. The van der Waals surface area contributed by atoms with Crippen molar-refractivity contribution < 1.29 is 146 Å². The molecule has 0 aromatic rings. The normalized spacial score (nSPS) is 4.50. The monoisotopic (exact) mass is 524 g/mol. The van der Waals surface area contributed by atoms with E-state index in [2.05, 4.69) is 0 Å². The van der Waals surface area contributed by atoms with Gasteiger partial charge in [-0.3, -0.25) is 14.6 Å². The van der Waals surface area contributed by atoms with Crippen LogP contribution in [-0.4, -0.2) is 86.8 Å². The molecule has 0 aliphatic heterocycles. The van der Waals surface area contributed by atoms with Gasteiger partial charge < -0.3 is 87.7 Å². The van der Waals surface area contributed by atoms with Crippen LogP contribution in [-0.2, 0) is 58.4 Å². The maximum Gasteiger partial charge on any atom is 2.00 e. The third-order valence-corrected chi connectivity index (χ3v) is 0. The Morgan fingerprint density at radius 3 is 0.375 bits per heavy atom. The summed E-state index contributed by atoms with van der Waals surface area (Å²) in [5.74, 6) is 0. The Labute approximate surface area is 175 Å². The van der Waals surface area contributed by atoms with Gasteiger partial charge in [-0.1, -0.05) is 0 Å². The molecule has 0 aromatic heterocycles. The van der Waals surface area contributed by atoms with Crippen LogP contribution >= 0.6 is 0 Å². The molecule has 0 aromatic carbocycles. The van der Waals surface area contributed by atoms with Crippen LogP contribution in [0.2, 0.25) is 0 Å². The maximum atomic E-state index is 8.42. The van der Waals surface area contributed by atoms with Gasteiger partial charge in [0.2, 0.25) is 0 Å². The van der Waals surface area contributed by atoms with Crippen molar-refractivity contribution >= 4 is 29.3 Å². The van der Waals surface area contributed by atoms with E-state index in [1.807, 2.05) is 0 Å². The molecule has 136 valence electrons. The molecule has 0 aliphatic rings. The van der Waals surface area contributed by atoms with Crippen molar-refractivity contribution in [1.29, 1.82) is 0 Å². The zero-order chi connectivity index (χ0) is 14.3. The second-order valence-corrected chi connectivity index (χ2v) is 1.27. The molecule has 0 saturated carbocycles. The molecule has 24 heteroatoms. The first kappa shape index (κ1) is 84.1. The predicted molar refractivity (Wildman–Crippen MR) is 54.4 cm³/mol. The zero-order valence-electron chi connectivity index (χ0n) is 12.1. The van der Waals surface area contributed by atoms with Gasteiger partial charge in [0.05, 0.1) is 0 Å². The van der Waals surface area contributed by atoms with Crippen molar-refractivity contribution in [3.05, 3.63) is 0 Å². The molecule has 0 unspecified atom stereocenters. The molecule has 0 aliphatic carbocycles. The number of hydrogen-bond donors (Lipinski definition) is 6. The summed E-state index contributed by atoms with van der Waals surface area (Å²) in [5, 5.41) is 93.5. The molecule has 0 fully saturated rings. The molecule has 0 spiro atoms. The van der Waals surface area contributed by atoms with E-state index in [0.29, 0.717) is 0 Å². The average molecular weight is 528 g/mol. The van der Waals surface area contributed by atoms with Gasteiger partial charge in [0.25, 0.3) is 0 Å². The fourth-order valence-corrected chi connectivity index (χ4v) is 0. The summed E-state index contributed by atoms with van der Waals surface area (Å²) in [6.45, 7) is 0. The van der Waals surface area contributed by atoms with Crippen molar-refractivity contribution in [3.8, 4) is 0 Å². The van der Waals surface area contributed by atoms with Crippen molar-refractivity contribution in [2.45, 2.75) is 0 Å². The van der Waals surface area contributed by atoms with Crippen LogP contribution in [0.15, 0.2) is 0 Å². The molecule has 0 radical (unpaired) electrons. The quantitative estimate of drug-likeness (QED) is 0.160. The summed E-state index contributed by atoms with van der Waals surface area (Å²) in [5.41, 5.74) is 0. The van der Waals surface area contributed by atoms with Crippen LogP contribution in [0.5, 0.6) is 0 Å². The average Bonchev–Trinajstić information content (AvgIpc) is 1.76. The minimum absolute atomic E-state index is 0. The molecule has 0 heterocycles. The predicted octanol–water partition coefficient (Wildman–Crippen LogP) is -16.1. The van der Waals surface area contributed by atoms with E-state index in [1.165, 1.54) is 0 Å². The SMILES string of the molecule is O.O.O.O.O.OB(O)O.OB(O)O.[O-]B([O-])[O-].[O-]B([O-])[O-].[Zn+2].[Zn+2].[Zn+2]. The van der Waals surface area contributed by atoms with Crippen LogP contribution in [0.4, 0.5) is 0 Å². The Kier molecular flexibility index (Phi) is 260. The second-order valence-electron chi connectivity index (χ2n) is 1.27. The minimum Gasteiger partial charge on any atom is -0.907 e. The molecule has 17 nitrogen and oxygen atoms in total. The first-order valence-corrected chi connectivity index (χ1v) is 2.96. The third kappa shape index (κ3) is 5620. The topological polar surface area (TPSA) is 417 Å². The third-order valence-electron chi connectivity index (χ3n) is 0. The molecule has 0 bridgehead atoms. The summed E-state index contributed by atoms with van der Waals surface area (Å²) in [6, 6.07) is 0. The first-order valence-electron chi connectivity index (χ1n) is 2.96. The number of hydrogen-bond acceptors (Lipinski definition) is 12. The second kappa shape index (κ2) is 74.3. The number of rotatable bonds is 0. The van der Waals surface area contributed by atoms with E-state index >= 15 is 0 Å². The Hall–Kier alpha value is 1.45. The van der Waals surface area contributed by atoms with Gasteiger partial charge in [0, 0.05) is 0 Å². The van der Waals surface area contributed by atoms with Crippen molar-refractivity contribution in [1.82, 2.24) is 0 Å². The summed E-state index contributed by atoms with van der Waals surface area (Å²) in [4.78, 5) is 0. The van der Waals surface area contributed by atoms with Crippen molar-refractivity contribution in [2.24, 2.45) is 0 Å². The zero-order valence-corrected chi connectivity index (χ0v) is 21.0. The van der Waals surface area contributed by atoms with Gasteiger partial charge >= 0.3 is 73.1 Å². The van der Waals surface area contributed by atoms with E-state index in [9.17, 15) is 0 Å². The van der Waals surface area contributed by atoms with Crippen LogP contribution < -0.4 is 30.1 Å². The van der Waals surface area contributed by atoms with Crippen LogP contribution in [0.1, 0.15) is 0 Å². The molecule has 16 N–H and O–H groups in total. The summed E-state index contributed by atoms with van der Waals surface area (Å²) in [6.07, 6.45) is 0. The maximum absolute atomic E-state index is 8.42. The fourth-order valence-electron chi connectivity index (χ4n) is 0. The molecule has 0 amide bonds. The first-order chi connectivity index (χ1) is 6.93. The van der Waals surface area contributed by atoms with E-state index < -0.39 is 29.3 Å². The molecule has 0 saturated heterocycles. The molecule has 0 atom stereocenters. The van der Waals surface area contributed by atoms with E-state index in [-0.39, 0.29) is 85.8 Å². The molecule has 24 heavy (non-hydrogen) atoms.